The molecule has 2 N–H and O–H groups in total. The molecule has 4 nitrogen and oxygen atoms in total. The summed E-state index contributed by atoms with van der Waals surface area (Å²) in [5.41, 5.74) is -0.122. The zero-order valence-electron chi connectivity index (χ0n) is 12.9. The third kappa shape index (κ3) is 3.73. The number of aliphatic hydroxyl groups is 1. The average molecular weight is 283 g/mol. The highest BCUT2D eigenvalue weighted by molar-refractivity contribution is 5.76. The topological polar surface area (TPSA) is 58.6 Å². The van der Waals surface area contributed by atoms with Crippen molar-refractivity contribution in [1.29, 1.82) is 0 Å². The van der Waals surface area contributed by atoms with E-state index in [1.54, 1.807) is 7.11 Å². The lowest BCUT2D eigenvalue weighted by atomic mass is 9.84. The molecule has 20 heavy (non-hydrogen) atoms. The highest BCUT2D eigenvalue weighted by atomic mass is 16.5. The second-order valence-corrected chi connectivity index (χ2v) is 6.91. The molecule has 2 aliphatic carbocycles. The number of carbonyl (C=O) groups is 1. The Hall–Kier alpha value is -0.610. The standard InChI is InChI=1S/C16H29NO3/c1-16(11-18)9-3-4-14(16)17-15(19)10-12-5-7-13(20-2)8-6-12/h12-14,18H,3-11H2,1-2H3,(H,17,19). The summed E-state index contributed by atoms with van der Waals surface area (Å²) in [6.07, 6.45) is 8.46. The first-order chi connectivity index (χ1) is 9.57. The molecule has 0 heterocycles. The smallest absolute Gasteiger partial charge is 0.220 e. The molecular formula is C16H29NO3. The minimum atomic E-state index is -0.122. The van der Waals surface area contributed by atoms with Gasteiger partial charge >= 0.3 is 0 Å². The van der Waals surface area contributed by atoms with Gasteiger partial charge in [0.1, 0.15) is 0 Å². The van der Waals surface area contributed by atoms with Crippen LogP contribution in [0.4, 0.5) is 0 Å². The lowest BCUT2D eigenvalue weighted by Crippen LogP contribution is -2.45. The monoisotopic (exact) mass is 283 g/mol. The lowest BCUT2D eigenvalue weighted by molar-refractivity contribution is -0.124. The van der Waals surface area contributed by atoms with Crippen LogP contribution in [-0.2, 0) is 9.53 Å². The van der Waals surface area contributed by atoms with E-state index in [0.717, 1.165) is 44.9 Å². The molecular weight excluding hydrogens is 254 g/mol. The number of nitrogens with one attached hydrogen (secondary N) is 1. The second-order valence-electron chi connectivity index (χ2n) is 6.91. The zero-order chi connectivity index (χ0) is 14.6. The Labute approximate surface area is 122 Å². The SMILES string of the molecule is COC1CCC(CC(=O)NC2CCCC2(C)CO)CC1. The third-order valence-corrected chi connectivity index (χ3v) is 5.38. The molecule has 0 aromatic carbocycles. The van der Waals surface area contributed by atoms with Crippen molar-refractivity contribution >= 4 is 5.91 Å². The first-order valence-electron chi connectivity index (χ1n) is 8.00. The van der Waals surface area contributed by atoms with Gasteiger partial charge in [-0.25, -0.2) is 0 Å². The van der Waals surface area contributed by atoms with E-state index in [4.69, 9.17) is 4.74 Å². The number of ether oxygens (including phenoxy) is 1. The molecule has 2 fully saturated rings. The fourth-order valence-corrected chi connectivity index (χ4v) is 3.76. The fourth-order valence-electron chi connectivity index (χ4n) is 3.76. The van der Waals surface area contributed by atoms with Gasteiger partial charge in [-0.05, 0) is 44.4 Å². The highest BCUT2D eigenvalue weighted by Gasteiger charge is 2.39. The Morgan fingerprint density at radius 2 is 2.00 bits per heavy atom. The summed E-state index contributed by atoms with van der Waals surface area (Å²) in [5.74, 6) is 0.667. The maximum atomic E-state index is 12.2. The van der Waals surface area contributed by atoms with Gasteiger partial charge in [0, 0.05) is 25.0 Å². The second kappa shape index (κ2) is 6.90. The van der Waals surface area contributed by atoms with Crippen molar-refractivity contribution < 1.29 is 14.6 Å². The summed E-state index contributed by atoms with van der Waals surface area (Å²) in [7, 11) is 1.77. The number of aliphatic hydroxyl groups excluding tert-OH is 1. The van der Waals surface area contributed by atoms with Crippen molar-refractivity contribution in [3.05, 3.63) is 0 Å². The summed E-state index contributed by atoms with van der Waals surface area (Å²) in [4.78, 5) is 12.2. The van der Waals surface area contributed by atoms with Gasteiger partial charge < -0.3 is 15.2 Å². The maximum Gasteiger partial charge on any atom is 0.220 e. The van der Waals surface area contributed by atoms with Crippen LogP contribution >= 0.6 is 0 Å². The maximum absolute atomic E-state index is 12.2. The van der Waals surface area contributed by atoms with Gasteiger partial charge in [0.15, 0.2) is 0 Å². The first kappa shape index (κ1) is 15.8. The van der Waals surface area contributed by atoms with E-state index in [9.17, 15) is 9.90 Å². The molecule has 4 heteroatoms. The van der Waals surface area contributed by atoms with Gasteiger partial charge in [0.05, 0.1) is 12.7 Å². The van der Waals surface area contributed by atoms with E-state index in [1.165, 1.54) is 0 Å². The molecule has 116 valence electrons. The number of rotatable bonds is 5. The third-order valence-electron chi connectivity index (χ3n) is 5.38. The summed E-state index contributed by atoms with van der Waals surface area (Å²) in [6, 6.07) is 0.148. The fraction of sp³-hybridized carbons (Fsp3) is 0.938. The lowest BCUT2D eigenvalue weighted by Gasteiger charge is -2.31. The molecule has 0 aromatic rings. The Balaban J connectivity index is 1.76. The quantitative estimate of drug-likeness (QED) is 0.813. The zero-order valence-corrected chi connectivity index (χ0v) is 12.9. The molecule has 0 spiro atoms. The van der Waals surface area contributed by atoms with Gasteiger partial charge in [-0.15, -0.1) is 0 Å². The number of hydrogen-bond acceptors (Lipinski definition) is 3. The van der Waals surface area contributed by atoms with Crippen molar-refractivity contribution in [1.82, 2.24) is 5.32 Å². The Morgan fingerprint density at radius 3 is 2.60 bits per heavy atom. The van der Waals surface area contributed by atoms with E-state index >= 15 is 0 Å². The Bertz CT molecular complexity index is 326. The van der Waals surface area contributed by atoms with Gasteiger partial charge in [-0.1, -0.05) is 13.3 Å². The number of carbonyl (C=O) groups excluding carboxylic acids is 1. The molecule has 0 aromatic heterocycles. The van der Waals surface area contributed by atoms with Crippen molar-refractivity contribution in [3.8, 4) is 0 Å². The van der Waals surface area contributed by atoms with Crippen LogP contribution in [0.15, 0.2) is 0 Å². The van der Waals surface area contributed by atoms with E-state index in [0.29, 0.717) is 18.4 Å². The minimum absolute atomic E-state index is 0.122. The molecule has 2 saturated carbocycles. The van der Waals surface area contributed by atoms with E-state index in [-0.39, 0.29) is 24.0 Å². The molecule has 2 atom stereocenters. The summed E-state index contributed by atoms with van der Waals surface area (Å²) < 4.78 is 5.37. The Morgan fingerprint density at radius 1 is 1.30 bits per heavy atom. The molecule has 0 bridgehead atoms. The summed E-state index contributed by atoms with van der Waals surface area (Å²) in [5, 5.41) is 12.7. The van der Waals surface area contributed by atoms with Crippen LogP contribution < -0.4 is 5.32 Å². The van der Waals surface area contributed by atoms with Crippen LogP contribution in [0.5, 0.6) is 0 Å². The number of methoxy groups -OCH3 is 1. The molecule has 1 amide bonds. The number of amides is 1. The van der Waals surface area contributed by atoms with E-state index < -0.39 is 0 Å². The average Bonchev–Trinajstić information content (AvgIpc) is 2.81. The van der Waals surface area contributed by atoms with Crippen molar-refractivity contribution in [2.75, 3.05) is 13.7 Å². The molecule has 0 saturated heterocycles. The Kier molecular flexibility index (Phi) is 5.44. The van der Waals surface area contributed by atoms with Crippen molar-refractivity contribution in [3.63, 3.8) is 0 Å². The van der Waals surface area contributed by atoms with Crippen LogP contribution in [0.1, 0.15) is 58.3 Å². The van der Waals surface area contributed by atoms with Crippen LogP contribution in [0.25, 0.3) is 0 Å². The largest absolute Gasteiger partial charge is 0.396 e. The molecule has 2 unspecified atom stereocenters. The predicted molar refractivity (Wildman–Crippen MR) is 78.3 cm³/mol. The summed E-state index contributed by atoms with van der Waals surface area (Å²) >= 11 is 0. The van der Waals surface area contributed by atoms with Crippen LogP contribution in [0.2, 0.25) is 0 Å². The van der Waals surface area contributed by atoms with Gasteiger partial charge in [-0.2, -0.15) is 0 Å². The van der Waals surface area contributed by atoms with Crippen molar-refractivity contribution in [2.45, 2.75) is 70.4 Å². The number of hydrogen-bond donors (Lipinski definition) is 2. The van der Waals surface area contributed by atoms with Gasteiger partial charge in [0.2, 0.25) is 5.91 Å². The molecule has 2 rings (SSSR count). The van der Waals surface area contributed by atoms with Gasteiger partial charge in [-0.3, -0.25) is 4.79 Å². The van der Waals surface area contributed by atoms with E-state index in [2.05, 4.69) is 12.2 Å². The highest BCUT2D eigenvalue weighted by Crippen LogP contribution is 2.37. The molecule has 0 aliphatic heterocycles. The minimum Gasteiger partial charge on any atom is -0.396 e. The van der Waals surface area contributed by atoms with Crippen LogP contribution in [-0.4, -0.2) is 36.9 Å². The van der Waals surface area contributed by atoms with Crippen LogP contribution in [0, 0.1) is 11.3 Å². The van der Waals surface area contributed by atoms with Crippen LogP contribution in [0.3, 0.4) is 0 Å². The van der Waals surface area contributed by atoms with Gasteiger partial charge in [0.25, 0.3) is 0 Å². The predicted octanol–water partition coefficient (Wildman–Crippen LogP) is 2.25. The first-order valence-corrected chi connectivity index (χ1v) is 8.00. The van der Waals surface area contributed by atoms with E-state index in [1.807, 2.05) is 0 Å². The molecule has 0 radical (unpaired) electrons. The normalized spacial score (nSPS) is 37.9. The van der Waals surface area contributed by atoms with Crippen molar-refractivity contribution in [2.24, 2.45) is 11.3 Å². The summed E-state index contributed by atoms with van der Waals surface area (Å²) in [6.45, 7) is 2.24. The molecule has 2 aliphatic rings.